The Morgan fingerprint density at radius 1 is 1.73 bits per heavy atom. The van der Waals surface area contributed by atoms with Gasteiger partial charge in [-0.15, -0.1) is 0 Å². The maximum atomic E-state index is 6.06. The molecule has 0 spiro atoms. The molecule has 2 atom stereocenters. The molecule has 2 heterocycles. The zero-order chi connectivity index (χ0) is 10.9. The molecule has 1 aromatic rings. The van der Waals surface area contributed by atoms with Crippen LogP contribution in [-0.2, 0) is 10.3 Å². The molecule has 4 heteroatoms. The van der Waals surface area contributed by atoms with Crippen LogP contribution in [0.2, 0.25) is 0 Å². The van der Waals surface area contributed by atoms with E-state index >= 15 is 0 Å². The van der Waals surface area contributed by atoms with Crippen LogP contribution in [0.4, 0.5) is 0 Å². The van der Waals surface area contributed by atoms with Crippen LogP contribution in [0.15, 0.2) is 12.5 Å². The number of hydrogen-bond acceptors (Lipinski definition) is 3. The van der Waals surface area contributed by atoms with E-state index in [1.54, 1.807) is 0 Å². The van der Waals surface area contributed by atoms with Gasteiger partial charge in [-0.1, -0.05) is 6.92 Å². The molecular formula is C11H19N3O. The van der Waals surface area contributed by atoms with Crippen LogP contribution in [0.5, 0.6) is 0 Å². The summed E-state index contributed by atoms with van der Waals surface area (Å²) in [6, 6.07) is 0.0740. The first-order valence-electron chi connectivity index (χ1n) is 5.53. The van der Waals surface area contributed by atoms with Crippen LogP contribution < -0.4 is 5.73 Å². The standard InChI is InChI=1S/C11H19N3O/c1-3-9(12)10-6-13-8-14(10)11(2)4-5-15-7-11/h6,8-9H,3-5,7,12H2,1-2H3/t9-,11?/m1/s1. The molecule has 1 fully saturated rings. The molecule has 1 aliphatic rings. The third kappa shape index (κ3) is 1.79. The highest BCUT2D eigenvalue weighted by Gasteiger charge is 2.33. The normalized spacial score (nSPS) is 28.2. The molecule has 1 unspecified atom stereocenters. The summed E-state index contributed by atoms with van der Waals surface area (Å²) in [6.07, 6.45) is 5.71. The van der Waals surface area contributed by atoms with Gasteiger partial charge in [-0.3, -0.25) is 0 Å². The minimum absolute atomic E-state index is 0.0403. The smallest absolute Gasteiger partial charge is 0.0954 e. The number of ether oxygens (including phenoxy) is 1. The highest BCUT2D eigenvalue weighted by Crippen LogP contribution is 2.30. The molecule has 0 aliphatic carbocycles. The molecule has 0 aromatic carbocycles. The molecule has 4 nitrogen and oxygen atoms in total. The Morgan fingerprint density at radius 3 is 3.13 bits per heavy atom. The fourth-order valence-corrected chi connectivity index (χ4v) is 2.09. The topological polar surface area (TPSA) is 53.1 Å². The van der Waals surface area contributed by atoms with Gasteiger partial charge in [-0.05, 0) is 19.8 Å². The fourth-order valence-electron chi connectivity index (χ4n) is 2.09. The molecule has 0 saturated carbocycles. The number of rotatable bonds is 3. The van der Waals surface area contributed by atoms with E-state index in [4.69, 9.17) is 10.5 Å². The highest BCUT2D eigenvalue weighted by atomic mass is 16.5. The number of aromatic nitrogens is 2. The second kappa shape index (κ2) is 3.94. The largest absolute Gasteiger partial charge is 0.379 e. The molecule has 1 saturated heterocycles. The van der Waals surface area contributed by atoms with Gasteiger partial charge in [0.1, 0.15) is 0 Å². The van der Waals surface area contributed by atoms with Crippen LogP contribution in [-0.4, -0.2) is 22.8 Å². The summed E-state index contributed by atoms with van der Waals surface area (Å²) >= 11 is 0. The first-order chi connectivity index (χ1) is 7.17. The molecule has 0 bridgehead atoms. The second-order valence-corrected chi connectivity index (χ2v) is 4.50. The molecule has 1 aromatic heterocycles. The number of hydrogen-bond donors (Lipinski definition) is 1. The summed E-state index contributed by atoms with van der Waals surface area (Å²) in [6.45, 7) is 5.88. The maximum Gasteiger partial charge on any atom is 0.0954 e. The van der Waals surface area contributed by atoms with E-state index in [-0.39, 0.29) is 11.6 Å². The lowest BCUT2D eigenvalue weighted by Gasteiger charge is -2.27. The van der Waals surface area contributed by atoms with Gasteiger partial charge in [0.15, 0.2) is 0 Å². The predicted molar refractivity (Wildman–Crippen MR) is 58.5 cm³/mol. The number of nitrogens with zero attached hydrogens (tertiary/aromatic N) is 2. The van der Waals surface area contributed by atoms with Crippen molar-refractivity contribution in [3.8, 4) is 0 Å². The summed E-state index contributed by atoms with van der Waals surface area (Å²) in [5.74, 6) is 0. The minimum atomic E-state index is 0.0403. The van der Waals surface area contributed by atoms with Gasteiger partial charge in [0.2, 0.25) is 0 Å². The average Bonchev–Trinajstić information content (AvgIpc) is 2.85. The SMILES string of the molecule is CC[C@@H](N)c1cncn1C1(C)CCOC1. The molecule has 15 heavy (non-hydrogen) atoms. The van der Waals surface area contributed by atoms with Crippen molar-refractivity contribution in [1.82, 2.24) is 9.55 Å². The minimum Gasteiger partial charge on any atom is -0.379 e. The molecule has 1 aliphatic heterocycles. The molecule has 0 amide bonds. The third-order valence-corrected chi connectivity index (χ3v) is 3.27. The Hall–Kier alpha value is -0.870. The summed E-state index contributed by atoms with van der Waals surface area (Å²) < 4.78 is 7.65. The van der Waals surface area contributed by atoms with Crippen LogP contribution in [0.3, 0.4) is 0 Å². The average molecular weight is 209 g/mol. The quantitative estimate of drug-likeness (QED) is 0.819. The van der Waals surface area contributed by atoms with Gasteiger partial charge in [-0.25, -0.2) is 4.98 Å². The third-order valence-electron chi connectivity index (χ3n) is 3.27. The van der Waals surface area contributed by atoms with Gasteiger partial charge in [0.25, 0.3) is 0 Å². The van der Waals surface area contributed by atoms with Crippen LogP contribution in [0.1, 0.15) is 38.4 Å². The van der Waals surface area contributed by atoms with Crippen molar-refractivity contribution >= 4 is 0 Å². The Bertz CT molecular complexity index is 328. The van der Waals surface area contributed by atoms with E-state index < -0.39 is 0 Å². The molecule has 2 rings (SSSR count). The highest BCUT2D eigenvalue weighted by molar-refractivity contribution is 5.09. The van der Waals surface area contributed by atoms with Gasteiger partial charge in [0, 0.05) is 18.8 Å². The summed E-state index contributed by atoms with van der Waals surface area (Å²) in [7, 11) is 0. The summed E-state index contributed by atoms with van der Waals surface area (Å²) in [4.78, 5) is 4.21. The van der Waals surface area contributed by atoms with Gasteiger partial charge in [0.05, 0.1) is 24.2 Å². The van der Waals surface area contributed by atoms with Crippen LogP contribution in [0, 0.1) is 0 Å². The van der Waals surface area contributed by atoms with E-state index in [1.807, 2.05) is 12.5 Å². The predicted octanol–water partition coefficient (Wildman–Crippen LogP) is 1.43. The summed E-state index contributed by atoms with van der Waals surface area (Å²) in [5.41, 5.74) is 7.22. The molecular weight excluding hydrogens is 190 g/mol. The van der Waals surface area contributed by atoms with Crippen molar-refractivity contribution in [2.75, 3.05) is 13.2 Å². The van der Waals surface area contributed by atoms with Crippen LogP contribution >= 0.6 is 0 Å². The number of nitrogens with two attached hydrogens (primary N) is 1. The van der Waals surface area contributed by atoms with Crippen molar-refractivity contribution in [3.05, 3.63) is 18.2 Å². The van der Waals surface area contributed by atoms with Crippen molar-refractivity contribution < 1.29 is 4.74 Å². The molecule has 2 N–H and O–H groups in total. The van der Waals surface area contributed by atoms with Crippen molar-refractivity contribution in [1.29, 1.82) is 0 Å². The van der Waals surface area contributed by atoms with Gasteiger partial charge < -0.3 is 15.0 Å². The van der Waals surface area contributed by atoms with E-state index in [0.29, 0.717) is 0 Å². The Kier molecular flexibility index (Phi) is 2.80. The molecule has 0 radical (unpaired) electrons. The van der Waals surface area contributed by atoms with E-state index in [9.17, 15) is 0 Å². The van der Waals surface area contributed by atoms with Crippen LogP contribution in [0.25, 0.3) is 0 Å². The molecule has 84 valence electrons. The monoisotopic (exact) mass is 209 g/mol. The fraction of sp³-hybridized carbons (Fsp3) is 0.727. The van der Waals surface area contributed by atoms with E-state index in [1.165, 1.54) is 0 Å². The first-order valence-corrected chi connectivity index (χ1v) is 5.53. The zero-order valence-electron chi connectivity index (χ0n) is 9.44. The van der Waals surface area contributed by atoms with Crippen molar-refractivity contribution in [2.24, 2.45) is 5.73 Å². The Morgan fingerprint density at radius 2 is 2.53 bits per heavy atom. The van der Waals surface area contributed by atoms with E-state index in [2.05, 4.69) is 23.4 Å². The van der Waals surface area contributed by atoms with Crippen molar-refractivity contribution in [2.45, 2.75) is 38.3 Å². The van der Waals surface area contributed by atoms with Gasteiger partial charge >= 0.3 is 0 Å². The Balaban J connectivity index is 2.31. The Labute approximate surface area is 90.4 Å². The lowest BCUT2D eigenvalue weighted by Crippen LogP contribution is -2.33. The summed E-state index contributed by atoms with van der Waals surface area (Å²) in [5, 5.41) is 0. The maximum absolute atomic E-state index is 6.06. The zero-order valence-corrected chi connectivity index (χ0v) is 9.44. The van der Waals surface area contributed by atoms with Gasteiger partial charge in [-0.2, -0.15) is 0 Å². The lowest BCUT2D eigenvalue weighted by atomic mass is 10.00. The van der Waals surface area contributed by atoms with E-state index in [0.717, 1.165) is 31.7 Å². The number of imidazole rings is 1. The lowest BCUT2D eigenvalue weighted by molar-refractivity contribution is 0.159. The van der Waals surface area contributed by atoms with Crippen molar-refractivity contribution in [3.63, 3.8) is 0 Å². The first kappa shape index (κ1) is 10.6. The second-order valence-electron chi connectivity index (χ2n) is 4.50.